The fourth-order valence-electron chi connectivity index (χ4n) is 3.39. The van der Waals surface area contributed by atoms with E-state index in [0.29, 0.717) is 23.5 Å². The molecule has 29 heavy (non-hydrogen) atoms. The van der Waals surface area contributed by atoms with Crippen molar-refractivity contribution < 1.29 is 23.8 Å². The molecule has 0 fully saturated rings. The number of nitrogens with one attached hydrogen (secondary N) is 1. The van der Waals surface area contributed by atoms with Crippen LogP contribution in [0, 0.1) is 6.92 Å². The maximum Gasteiger partial charge on any atom is 0.306 e. The fourth-order valence-corrected chi connectivity index (χ4v) is 3.39. The summed E-state index contributed by atoms with van der Waals surface area (Å²) in [7, 11) is 3.14. The Balaban J connectivity index is 1.63. The van der Waals surface area contributed by atoms with Gasteiger partial charge in [-0.25, -0.2) is 0 Å². The van der Waals surface area contributed by atoms with Crippen LogP contribution in [0.1, 0.15) is 35.0 Å². The molecule has 1 heterocycles. The van der Waals surface area contributed by atoms with Crippen LogP contribution in [0.15, 0.2) is 42.5 Å². The van der Waals surface area contributed by atoms with Crippen molar-refractivity contribution >= 4 is 22.7 Å². The third kappa shape index (κ3) is 4.42. The van der Waals surface area contributed by atoms with Gasteiger partial charge in [0.2, 0.25) is 5.78 Å². The molecule has 1 atom stereocenters. The molecule has 0 aliphatic heterocycles. The first-order chi connectivity index (χ1) is 13.9. The molecule has 0 amide bonds. The molecule has 152 valence electrons. The molecular formula is C23H25NO5. The number of ether oxygens (including phenoxy) is 3. The molecule has 0 radical (unpaired) electrons. The van der Waals surface area contributed by atoms with E-state index in [-0.39, 0.29) is 12.2 Å². The molecule has 0 aliphatic carbocycles. The molecule has 2 aromatic carbocycles. The molecule has 0 unspecified atom stereocenters. The maximum atomic E-state index is 12.9. The zero-order chi connectivity index (χ0) is 21.0. The number of fused-ring (bicyclic) bond motifs is 1. The zero-order valence-electron chi connectivity index (χ0n) is 17.1. The minimum Gasteiger partial charge on any atom is -0.493 e. The van der Waals surface area contributed by atoms with Crippen molar-refractivity contribution in [1.82, 2.24) is 4.98 Å². The second kappa shape index (κ2) is 8.82. The third-order valence-corrected chi connectivity index (χ3v) is 4.88. The predicted molar refractivity (Wildman–Crippen MR) is 111 cm³/mol. The van der Waals surface area contributed by atoms with E-state index < -0.39 is 12.1 Å². The Morgan fingerprint density at radius 1 is 1.03 bits per heavy atom. The van der Waals surface area contributed by atoms with Gasteiger partial charge < -0.3 is 19.2 Å². The minimum atomic E-state index is -0.856. The maximum absolute atomic E-state index is 12.9. The number of benzene rings is 2. The number of aryl methyl sites for hydroxylation is 2. The highest BCUT2D eigenvalue weighted by Gasteiger charge is 2.24. The molecule has 1 N–H and O–H groups in total. The Hall–Kier alpha value is -3.28. The van der Waals surface area contributed by atoms with E-state index in [1.54, 1.807) is 27.2 Å². The summed E-state index contributed by atoms with van der Waals surface area (Å²) >= 11 is 0. The van der Waals surface area contributed by atoms with E-state index in [2.05, 4.69) is 4.98 Å². The summed E-state index contributed by atoms with van der Waals surface area (Å²) in [5, 5.41) is 0.836. The number of para-hydroxylation sites is 1. The number of ketones is 1. The van der Waals surface area contributed by atoms with Crippen LogP contribution in [0.2, 0.25) is 0 Å². The van der Waals surface area contributed by atoms with Gasteiger partial charge in [-0.15, -0.1) is 0 Å². The lowest BCUT2D eigenvalue weighted by molar-refractivity contribution is -0.146. The number of aromatic amines is 1. The van der Waals surface area contributed by atoms with Gasteiger partial charge in [-0.3, -0.25) is 9.59 Å². The van der Waals surface area contributed by atoms with Gasteiger partial charge in [-0.1, -0.05) is 24.3 Å². The fraction of sp³-hybridized carbons (Fsp3) is 0.304. The molecule has 0 saturated carbocycles. The molecule has 6 heteroatoms. The van der Waals surface area contributed by atoms with Crippen LogP contribution in [0.4, 0.5) is 0 Å². The quantitative estimate of drug-likeness (QED) is 0.456. The highest BCUT2D eigenvalue weighted by atomic mass is 16.5. The van der Waals surface area contributed by atoms with Crippen LogP contribution < -0.4 is 9.47 Å². The minimum absolute atomic E-state index is 0.167. The highest BCUT2D eigenvalue weighted by molar-refractivity contribution is 6.11. The number of esters is 1. The molecule has 3 aromatic rings. The Labute approximate surface area is 169 Å². The number of aromatic nitrogens is 1. The predicted octanol–water partition coefficient (Wildman–Crippen LogP) is 4.24. The lowest BCUT2D eigenvalue weighted by atomic mass is 10.0. The first-order valence-electron chi connectivity index (χ1n) is 9.46. The number of carbonyl (C=O) groups excluding carboxylic acids is 2. The summed E-state index contributed by atoms with van der Waals surface area (Å²) in [6, 6.07) is 13.1. The average Bonchev–Trinajstić information content (AvgIpc) is 3.06. The molecule has 0 saturated heterocycles. The van der Waals surface area contributed by atoms with Crippen molar-refractivity contribution in [3.05, 3.63) is 59.3 Å². The molecule has 3 rings (SSSR count). The molecular weight excluding hydrogens is 370 g/mol. The van der Waals surface area contributed by atoms with Gasteiger partial charge in [0.1, 0.15) is 0 Å². The Kier molecular flexibility index (Phi) is 6.22. The van der Waals surface area contributed by atoms with Crippen LogP contribution in [0.3, 0.4) is 0 Å². The number of hydrogen-bond acceptors (Lipinski definition) is 5. The van der Waals surface area contributed by atoms with Crippen LogP contribution in [0.25, 0.3) is 10.9 Å². The topological polar surface area (TPSA) is 77.6 Å². The van der Waals surface area contributed by atoms with E-state index in [1.807, 2.05) is 43.3 Å². The largest absolute Gasteiger partial charge is 0.493 e. The van der Waals surface area contributed by atoms with Crippen LogP contribution in [0.5, 0.6) is 11.5 Å². The van der Waals surface area contributed by atoms with Crippen molar-refractivity contribution in [3.63, 3.8) is 0 Å². The Bertz CT molecular complexity index is 1040. The lowest BCUT2D eigenvalue weighted by Crippen LogP contribution is -2.25. The van der Waals surface area contributed by atoms with E-state index in [1.165, 1.54) is 0 Å². The van der Waals surface area contributed by atoms with Gasteiger partial charge in [0.05, 0.1) is 14.2 Å². The molecule has 6 nitrogen and oxygen atoms in total. The SMILES string of the molecule is COc1ccc(CCC(=O)O[C@@H](C)C(=O)c2c(C)[nH]c3ccccc23)cc1OC. The standard InChI is InChI=1S/C23H25NO5/c1-14-22(17-7-5-6-8-18(17)24-14)23(26)15(2)29-21(25)12-10-16-9-11-19(27-3)20(13-16)28-4/h5-9,11,13,15,24H,10,12H2,1-4H3/t15-/m0/s1. The van der Waals surface area contributed by atoms with E-state index in [9.17, 15) is 9.59 Å². The second-order valence-corrected chi connectivity index (χ2v) is 6.86. The summed E-state index contributed by atoms with van der Waals surface area (Å²) < 4.78 is 15.9. The first-order valence-corrected chi connectivity index (χ1v) is 9.46. The zero-order valence-corrected chi connectivity index (χ0v) is 17.1. The number of H-pyrrole nitrogens is 1. The molecule has 0 aliphatic rings. The number of methoxy groups -OCH3 is 2. The number of Topliss-reactive ketones (excluding diaryl/α,β-unsaturated/α-hetero) is 1. The number of hydrogen-bond donors (Lipinski definition) is 1. The Morgan fingerprint density at radius 3 is 2.48 bits per heavy atom. The summed E-state index contributed by atoms with van der Waals surface area (Å²) in [6.45, 7) is 3.46. The van der Waals surface area contributed by atoms with Crippen molar-refractivity contribution in [1.29, 1.82) is 0 Å². The van der Waals surface area contributed by atoms with Crippen LogP contribution in [-0.4, -0.2) is 37.1 Å². The van der Waals surface area contributed by atoms with Gasteiger partial charge in [-0.05, 0) is 44.0 Å². The van der Waals surface area contributed by atoms with E-state index in [0.717, 1.165) is 22.2 Å². The van der Waals surface area contributed by atoms with E-state index >= 15 is 0 Å². The van der Waals surface area contributed by atoms with Gasteiger partial charge >= 0.3 is 5.97 Å². The summed E-state index contributed by atoms with van der Waals surface area (Å²) in [5.74, 6) is 0.612. The van der Waals surface area contributed by atoms with Crippen molar-refractivity contribution in [2.45, 2.75) is 32.8 Å². The van der Waals surface area contributed by atoms with Gasteiger partial charge in [0, 0.05) is 28.6 Å². The lowest BCUT2D eigenvalue weighted by Gasteiger charge is -2.13. The van der Waals surface area contributed by atoms with E-state index in [4.69, 9.17) is 14.2 Å². The summed E-state index contributed by atoms with van der Waals surface area (Å²) in [6.07, 6.45) is -0.211. The average molecular weight is 395 g/mol. The number of carbonyl (C=O) groups is 2. The van der Waals surface area contributed by atoms with Gasteiger partial charge in [0.15, 0.2) is 17.6 Å². The van der Waals surface area contributed by atoms with Crippen molar-refractivity contribution in [2.75, 3.05) is 14.2 Å². The Morgan fingerprint density at radius 2 is 1.76 bits per heavy atom. The van der Waals surface area contributed by atoms with Crippen LogP contribution >= 0.6 is 0 Å². The molecule has 0 bridgehead atoms. The normalized spacial score (nSPS) is 11.9. The highest BCUT2D eigenvalue weighted by Crippen LogP contribution is 2.28. The van der Waals surface area contributed by atoms with Crippen molar-refractivity contribution in [3.8, 4) is 11.5 Å². The smallest absolute Gasteiger partial charge is 0.306 e. The summed E-state index contributed by atoms with van der Waals surface area (Å²) in [4.78, 5) is 28.4. The molecule has 0 spiro atoms. The second-order valence-electron chi connectivity index (χ2n) is 6.86. The first kappa shape index (κ1) is 20.5. The third-order valence-electron chi connectivity index (χ3n) is 4.88. The van der Waals surface area contributed by atoms with Crippen molar-refractivity contribution in [2.24, 2.45) is 0 Å². The van der Waals surface area contributed by atoms with Crippen LogP contribution in [-0.2, 0) is 16.0 Å². The molecule has 1 aromatic heterocycles. The van der Waals surface area contributed by atoms with Gasteiger partial charge in [-0.2, -0.15) is 0 Å². The number of rotatable bonds is 8. The van der Waals surface area contributed by atoms with Gasteiger partial charge in [0.25, 0.3) is 0 Å². The monoisotopic (exact) mass is 395 g/mol. The summed E-state index contributed by atoms with van der Waals surface area (Å²) in [5.41, 5.74) is 3.15.